The summed E-state index contributed by atoms with van der Waals surface area (Å²) in [5.41, 5.74) is 2.37. The van der Waals surface area contributed by atoms with Crippen molar-refractivity contribution < 1.29 is 14.7 Å². The van der Waals surface area contributed by atoms with E-state index in [-0.39, 0.29) is 23.4 Å². The van der Waals surface area contributed by atoms with Gasteiger partial charge in [0.1, 0.15) is 0 Å². The molecule has 0 spiro atoms. The van der Waals surface area contributed by atoms with Crippen LogP contribution in [0.2, 0.25) is 0 Å². The van der Waals surface area contributed by atoms with Crippen LogP contribution in [0.25, 0.3) is 0 Å². The number of anilines is 2. The molecule has 1 amide bonds. The molecule has 1 saturated carbocycles. The fourth-order valence-electron chi connectivity index (χ4n) is 4.52. The second-order valence-electron chi connectivity index (χ2n) is 9.57. The van der Waals surface area contributed by atoms with Crippen LogP contribution in [0.4, 0.5) is 11.9 Å². The zero-order valence-corrected chi connectivity index (χ0v) is 22.5. The molecule has 2 aromatic carbocycles. The fraction of sp³-hybridized carbons (Fsp3) is 0.393. The summed E-state index contributed by atoms with van der Waals surface area (Å²) in [4.78, 5) is 37.3. The predicted octanol–water partition coefficient (Wildman–Crippen LogP) is 4.79. The average molecular weight is 535 g/mol. The second kappa shape index (κ2) is 13.2. The Kier molecular flexibility index (Phi) is 9.53. The largest absolute Gasteiger partial charge is 0.478 e. The summed E-state index contributed by atoms with van der Waals surface area (Å²) in [6, 6.07) is 17.1. The Bertz CT molecular complexity index is 1220. The van der Waals surface area contributed by atoms with Crippen molar-refractivity contribution in [2.45, 2.75) is 56.3 Å². The molecule has 4 rings (SSSR count). The number of rotatable bonds is 11. The number of carboxylic acids is 1. The highest BCUT2D eigenvalue weighted by atomic mass is 32.2. The average Bonchev–Trinajstić information content (AvgIpc) is 2.95. The first-order valence-corrected chi connectivity index (χ1v) is 14.1. The number of thioether (sulfide) groups is 1. The van der Waals surface area contributed by atoms with Gasteiger partial charge in [0.2, 0.25) is 17.8 Å². The lowest BCUT2D eigenvalue weighted by molar-refractivity contribution is -0.126. The van der Waals surface area contributed by atoms with Crippen molar-refractivity contribution in [3.63, 3.8) is 0 Å². The first-order chi connectivity index (χ1) is 18.4. The number of benzene rings is 2. The van der Waals surface area contributed by atoms with Crippen molar-refractivity contribution in [1.82, 2.24) is 20.3 Å². The Hall–Kier alpha value is -3.66. The van der Waals surface area contributed by atoms with Crippen LogP contribution in [0.1, 0.15) is 60.0 Å². The van der Waals surface area contributed by atoms with Gasteiger partial charge in [0, 0.05) is 25.0 Å². The van der Waals surface area contributed by atoms with Crippen LogP contribution in [-0.2, 0) is 11.3 Å². The summed E-state index contributed by atoms with van der Waals surface area (Å²) >= 11 is 1.48. The lowest BCUT2D eigenvalue weighted by atomic mass is 9.85. The van der Waals surface area contributed by atoms with Gasteiger partial charge in [0.15, 0.2) is 5.16 Å². The molecule has 1 aliphatic carbocycles. The van der Waals surface area contributed by atoms with Crippen molar-refractivity contribution in [1.29, 1.82) is 0 Å². The highest BCUT2D eigenvalue weighted by Crippen LogP contribution is 2.27. The molecule has 0 unspecified atom stereocenters. The Morgan fingerprint density at radius 3 is 2.32 bits per heavy atom. The van der Waals surface area contributed by atoms with Gasteiger partial charge in [-0.05, 0) is 61.1 Å². The number of carbonyl (C=O) groups excluding carboxylic acids is 1. The van der Waals surface area contributed by atoms with Crippen LogP contribution in [0.5, 0.6) is 0 Å². The molecule has 1 aliphatic rings. The van der Waals surface area contributed by atoms with E-state index < -0.39 is 5.97 Å². The summed E-state index contributed by atoms with van der Waals surface area (Å²) in [5.74, 6) is 0.458. The maximum Gasteiger partial charge on any atom is 0.335 e. The van der Waals surface area contributed by atoms with Crippen LogP contribution in [0.15, 0.2) is 59.8 Å². The van der Waals surface area contributed by atoms with E-state index in [9.17, 15) is 9.59 Å². The van der Waals surface area contributed by atoms with Gasteiger partial charge in [0.05, 0.1) is 5.56 Å². The van der Waals surface area contributed by atoms with E-state index >= 15 is 0 Å². The summed E-state index contributed by atoms with van der Waals surface area (Å²) in [7, 11) is 0. The van der Waals surface area contributed by atoms with Gasteiger partial charge >= 0.3 is 5.97 Å². The molecule has 0 bridgehead atoms. The van der Waals surface area contributed by atoms with Crippen molar-refractivity contribution in [2.75, 3.05) is 23.4 Å². The molecule has 200 valence electrons. The second-order valence-corrected chi connectivity index (χ2v) is 10.3. The van der Waals surface area contributed by atoms with Crippen molar-refractivity contribution in [3.05, 3.63) is 71.3 Å². The van der Waals surface area contributed by atoms with Gasteiger partial charge in [-0.25, -0.2) is 4.79 Å². The van der Waals surface area contributed by atoms with Crippen molar-refractivity contribution in [3.8, 4) is 0 Å². The topological polar surface area (TPSA) is 129 Å². The smallest absolute Gasteiger partial charge is 0.335 e. The zero-order chi connectivity index (χ0) is 26.9. The van der Waals surface area contributed by atoms with Crippen LogP contribution in [-0.4, -0.2) is 50.8 Å². The maximum atomic E-state index is 12.7. The summed E-state index contributed by atoms with van der Waals surface area (Å²) in [6.07, 6.45) is 5.20. The van der Waals surface area contributed by atoms with E-state index in [2.05, 4.69) is 50.0 Å². The van der Waals surface area contributed by atoms with E-state index in [4.69, 9.17) is 5.11 Å². The number of nitrogens with one attached hydrogen (secondary N) is 3. The van der Waals surface area contributed by atoms with Crippen LogP contribution < -0.4 is 16.0 Å². The van der Waals surface area contributed by atoms with Crippen LogP contribution >= 0.6 is 11.8 Å². The molecule has 0 radical (unpaired) electrons. The van der Waals surface area contributed by atoms with E-state index in [1.54, 1.807) is 24.3 Å². The summed E-state index contributed by atoms with van der Waals surface area (Å²) in [6.45, 7) is 3.27. The molecule has 38 heavy (non-hydrogen) atoms. The highest BCUT2D eigenvalue weighted by Gasteiger charge is 2.27. The Labute approximate surface area is 227 Å². The molecule has 0 saturated heterocycles. The van der Waals surface area contributed by atoms with Gasteiger partial charge in [-0.1, -0.05) is 61.2 Å². The maximum absolute atomic E-state index is 12.7. The monoisotopic (exact) mass is 534 g/mol. The third-order valence-corrected chi connectivity index (χ3v) is 7.38. The van der Waals surface area contributed by atoms with Crippen LogP contribution in [0, 0.1) is 5.92 Å². The fourth-order valence-corrected chi connectivity index (χ4v) is 4.87. The number of nitrogens with zero attached hydrogens (tertiary/aromatic N) is 3. The van der Waals surface area contributed by atoms with Gasteiger partial charge in [-0.15, -0.1) is 0 Å². The first kappa shape index (κ1) is 27.4. The molecule has 1 fully saturated rings. The minimum atomic E-state index is -0.960. The lowest BCUT2D eigenvalue weighted by Crippen LogP contribution is -2.36. The standard InChI is InChI=1S/C28H34N6O3S/c1-18(20-6-4-3-5-7-20)16-30-26-32-27(34-28(33-26)38-2)31-23-14-12-21(13-15-23)24(35)29-17-19-8-10-22(11-9-19)25(36)37/h3-11,18,21,23H,12-17H2,1-2H3,(H,29,35)(H,36,37)(H2,30,31,32,33,34)/t18-,21-,23+/m0/s1. The quantitative estimate of drug-likeness (QED) is 0.257. The Balaban J connectivity index is 1.26. The van der Waals surface area contributed by atoms with Gasteiger partial charge < -0.3 is 21.1 Å². The zero-order valence-electron chi connectivity index (χ0n) is 21.7. The number of carbonyl (C=O) groups is 2. The lowest BCUT2D eigenvalue weighted by Gasteiger charge is -2.28. The van der Waals surface area contributed by atoms with Gasteiger partial charge in [0.25, 0.3) is 0 Å². The number of hydrogen-bond acceptors (Lipinski definition) is 8. The molecular weight excluding hydrogens is 500 g/mol. The predicted molar refractivity (Wildman–Crippen MR) is 150 cm³/mol. The van der Waals surface area contributed by atoms with E-state index in [1.165, 1.54) is 17.3 Å². The first-order valence-electron chi connectivity index (χ1n) is 12.9. The normalized spacial score (nSPS) is 17.8. The Morgan fingerprint density at radius 2 is 1.66 bits per heavy atom. The Morgan fingerprint density at radius 1 is 0.974 bits per heavy atom. The number of aromatic carboxylic acids is 1. The number of carboxylic acid groups (broad SMARTS) is 1. The molecule has 1 atom stereocenters. The SMILES string of the molecule is CSc1nc(NC[C@H](C)c2ccccc2)nc(N[C@H]2CC[C@@H](C(=O)NCc3ccc(C(=O)O)cc3)CC2)n1. The van der Waals surface area contributed by atoms with Crippen molar-refractivity contribution in [2.24, 2.45) is 5.92 Å². The number of hydrogen-bond donors (Lipinski definition) is 4. The van der Waals surface area contributed by atoms with E-state index in [0.717, 1.165) is 31.2 Å². The van der Waals surface area contributed by atoms with E-state index in [0.29, 0.717) is 36.1 Å². The summed E-state index contributed by atoms with van der Waals surface area (Å²) < 4.78 is 0. The van der Waals surface area contributed by atoms with E-state index in [1.807, 2.05) is 24.5 Å². The molecule has 1 aromatic heterocycles. The molecular formula is C28H34N6O3S. The minimum Gasteiger partial charge on any atom is -0.478 e. The van der Waals surface area contributed by atoms with Crippen LogP contribution in [0.3, 0.4) is 0 Å². The molecule has 0 aliphatic heterocycles. The molecule has 1 heterocycles. The third kappa shape index (κ3) is 7.67. The minimum absolute atomic E-state index is 0.0367. The van der Waals surface area contributed by atoms with Gasteiger partial charge in [-0.2, -0.15) is 15.0 Å². The molecule has 9 nitrogen and oxygen atoms in total. The molecule has 4 N–H and O–H groups in total. The van der Waals surface area contributed by atoms with Gasteiger partial charge in [-0.3, -0.25) is 4.79 Å². The highest BCUT2D eigenvalue weighted by molar-refractivity contribution is 7.98. The number of amides is 1. The van der Waals surface area contributed by atoms with Crippen molar-refractivity contribution >= 4 is 35.5 Å². The molecule has 3 aromatic rings. The third-order valence-electron chi connectivity index (χ3n) is 6.83. The summed E-state index contributed by atoms with van der Waals surface area (Å²) in [5, 5.41) is 19.5. The molecule has 10 heteroatoms. The number of aromatic nitrogens is 3.